The van der Waals surface area contributed by atoms with Crippen LogP contribution in [0.15, 0.2) is 48.5 Å². The normalized spacial score (nSPS) is 13.8. The van der Waals surface area contributed by atoms with Crippen LogP contribution in [0.25, 0.3) is 11.0 Å². The molecule has 1 aliphatic heterocycles. The number of amides is 1. The van der Waals surface area contributed by atoms with Crippen LogP contribution in [-0.2, 0) is 4.79 Å². The Hall–Kier alpha value is -3.35. The first-order valence-corrected chi connectivity index (χ1v) is 9.21. The predicted octanol–water partition coefficient (Wildman–Crippen LogP) is 2.89. The maximum atomic E-state index is 13.0. The van der Waals surface area contributed by atoms with Crippen LogP contribution in [0.4, 0.5) is 11.6 Å². The van der Waals surface area contributed by atoms with Gasteiger partial charge in [-0.3, -0.25) is 9.69 Å². The van der Waals surface area contributed by atoms with Crippen LogP contribution in [0.1, 0.15) is 6.42 Å². The lowest BCUT2D eigenvalue weighted by Crippen LogP contribution is -2.36. The van der Waals surface area contributed by atoms with Crippen molar-refractivity contribution in [2.24, 2.45) is 0 Å². The summed E-state index contributed by atoms with van der Waals surface area (Å²) in [6.07, 6.45) is 0.825. The van der Waals surface area contributed by atoms with Gasteiger partial charge in [0.1, 0.15) is 0 Å². The van der Waals surface area contributed by atoms with Crippen LogP contribution >= 0.6 is 0 Å². The fraction of sp³-hybridized carbons (Fsp3) is 0.286. The maximum absolute atomic E-state index is 13.0. The number of hydrogen-bond donors (Lipinski definition) is 0. The number of aromatic nitrogens is 2. The molecular weight excluding hydrogens is 356 g/mol. The van der Waals surface area contributed by atoms with E-state index in [-0.39, 0.29) is 12.5 Å². The van der Waals surface area contributed by atoms with Crippen molar-refractivity contribution in [3.63, 3.8) is 0 Å². The Labute approximate surface area is 163 Å². The second-order valence-electron chi connectivity index (χ2n) is 6.62. The average Bonchev–Trinajstić information content (AvgIpc) is 2.89. The molecule has 4 rings (SSSR count). The lowest BCUT2D eigenvalue weighted by atomic mass is 10.3. The van der Waals surface area contributed by atoms with E-state index < -0.39 is 0 Å². The van der Waals surface area contributed by atoms with E-state index in [1.807, 2.05) is 48.3 Å². The van der Waals surface area contributed by atoms with Crippen molar-refractivity contribution in [2.45, 2.75) is 6.42 Å². The zero-order chi connectivity index (χ0) is 19.5. The van der Waals surface area contributed by atoms with Gasteiger partial charge in [0, 0.05) is 20.1 Å². The molecule has 2 heterocycles. The summed E-state index contributed by atoms with van der Waals surface area (Å²) < 4.78 is 11.0. The standard InChI is InChI=1S/C21H22N4O3/c1-24-12-7-13-25(19(26)14-28-18-11-6-5-10-17(18)27-2)21-20(24)22-15-8-3-4-9-16(15)23-21/h3-6,8-11H,7,12-14H2,1-2H3. The molecule has 0 spiro atoms. The number of anilines is 2. The first kappa shape index (κ1) is 18.0. The number of fused-ring (bicyclic) bond motifs is 2. The molecule has 0 N–H and O–H groups in total. The molecule has 0 fully saturated rings. The summed E-state index contributed by atoms with van der Waals surface area (Å²) in [4.78, 5) is 26.2. The van der Waals surface area contributed by atoms with Gasteiger partial charge in [0.2, 0.25) is 0 Å². The quantitative estimate of drug-likeness (QED) is 0.695. The first-order chi connectivity index (χ1) is 13.7. The summed E-state index contributed by atoms with van der Waals surface area (Å²) in [5.41, 5.74) is 1.58. The molecule has 0 aliphatic carbocycles. The second-order valence-corrected chi connectivity index (χ2v) is 6.62. The van der Waals surface area contributed by atoms with Gasteiger partial charge in [0.15, 0.2) is 29.7 Å². The Balaban J connectivity index is 1.63. The Kier molecular flexibility index (Phi) is 4.97. The van der Waals surface area contributed by atoms with Gasteiger partial charge < -0.3 is 14.4 Å². The van der Waals surface area contributed by atoms with Crippen LogP contribution in [0, 0.1) is 0 Å². The monoisotopic (exact) mass is 378 g/mol. The van der Waals surface area contributed by atoms with Gasteiger partial charge in [-0.25, -0.2) is 9.97 Å². The summed E-state index contributed by atoms with van der Waals surface area (Å²) >= 11 is 0. The highest BCUT2D eigenvalue weighted by molar-refractivity contribution is 5.97. The molecule has 0 saturated carbocycles. The highest BCUT2D eigenvalue weighted by Crippen LogP contribution is 2.31. The van der Waals surface area contributed by atoms with Gasteiger partial charge in [-0.05, 0) is 30.7 Å². The lowest BCUT2D eigenvalue weighted by Gasteiger charge is -2.23. The zero-order valence-electron chi connectivity index (χ0n) is 16.0. The van der Waals surface area contributed by atoms with E-state index in [2.05, 4.69) is 0 Å². The number of nitrogens with zero attached hydrogens (tertiary/aromatic N) is 4. The van der Waals surface area contributed by atoms with E-state index in [0.29, 0.717) is 29.7 Å². The van der Waals surface area contributed by atoms with Gasteiger partial charge in [0.05, 0.1) is 18.1 Å². The van der Waals surface area contributed by atoms with Crippen molar-refractivity contribution in [1.29, 1.82) is 0 Å². The molecule has 1 amide bonds. The van der Waals surface area contributed by atoms with E-state index in [0.717, 1.165) is 24.0 Å². The molecule has 7 heteroatoms. The summed E-state index contributed by atoms with van der Waals surface area (Å²) in [6, 6.07) is 15.0. The van der Waals surface area contributed by atoms with E-state index in [1.54, 1.807) is 24.1 Å². The van der Waals surface area contributed by atoms with Crippen molar-refractivity contribution in [2.75, 3.05) is 43.7 Å². The fourth-order valence-corrected chi connectivity index (χ4v) is 3.29. The number of carbonyl (C=O) groups excluding carboxylic acids is 1. The zero-order valence-corrected chi connectivity index (χ0v) is 16.0. The molecule has 2 aromatic carbocycles. The summed E-state index contributed by atoms with van der Waals surface area (Å²) in [6.45, 7) is 1.27. The van der Waals surface area contributed by atoms with Crippen LogP contribution in [0.3, 0.4) is 0 Å². The molecule has 3 aromatic rings. The molecular formula is C21H22N4O3. The van der Waals surface area contributed by atoms with Gasteiger partial charge >= 0.3 is 0 Å². The van der Waals surface area contributed by atoms with Gasteiger partial charge in [-0.15, -0.1) is 0 Å². The molecule has 0 bridgehead atoms. The van der Waals surface area contributed by atoms with Crippen LogP contribution in [0.2, 0.25) is 0 Å². The summed E-state index contributed by atoms with van der Waals surface area (Å²) in [5, 5.41) is 0. The van der Waals surface area contributed by atoms with Crippen LogP contribution in [0.5, 0.6) is 11.5 Å². The van der Waals surface area contributed by atoms with E-state index in [9.17, 15) is 4.79 Å². The lowest BCUT2D eigenvalue weighted by molar-refractivity contribution is -0.120. The summed E-state index contributed by atoms with van der Waals surface area (Å²) in [7, 11) is 3.55. The minimum Gasteiger partial charge on any atom is -0.493 e. The third-order valence-corrected chi connectivity index (χ3v) is 4.75. The number of para-hydroxylation sites is 4. The van der Waals surface area contributed by atoms with Crippen molar-refractivity contribution in [3.8, 4) is 11.5 Å². The number of hydrogen-bond acceptors (Lipinski definition) is 6. The number of rotatable bonds is 4. The number of methoxy groups -OCH3 is 1. The molecule has 0 atom stereocenters. The maximum Gasteiger partial charge on any atom is 0.266 e. The fourth-order valence-electron chi connectivity index (χ4n) is 3.29. The SMILES string of the molecule is COc1ccccc1OCC(=O)N1CCCN(C)c2nc3ccccc3nc21. The minimum absolute atomic E-state index is 0.0992. The van der Waals surface area contributed by atoms with E-state index >= 15 is 0 Å². The summed E-state index contributed by atoms with van der Waals surface area (Å²) in [5.74, 6) is 2.26. The van der Waals surface area contributed by atoms with Crippen LogP contribution < -0.4 is 19.3 Å². The molecule has 0 saturated heterocycles. The minimum atomic E-state index is -0.160. The largest absolute Gasteiger partial charge is 0.493 e. The molecule has 7 nitrogen and oxygen atoms in total. The highest BCUT2D eigenvalue weighted by atomic mass is 16.5. The smallest absolute Gasteiger partial charge is 0.266 e. The van der Waals surface area contributed by atoms with Crippen molar-refractivity contribution >= 4 is 28.6 Å². The van der Waals surface area contributed by atoms with E-state index in [1.165, 1.54) is 0 Å². The third kappa shape index (κ3) is 3.43. The third-order valence-electron chi connectivity index (χ3n) is 4.75. The van der Waals surface area contributed by atoms with E-state index in [4.69, 9.17) is 19.4 Å². The highest BCUT2D eigenvalue weighted by Gasteiger charge is 2.27. The Morgan fingerprint density at radius 1 is 0.964 bits per heavy atom. The molecule has 1 aliphatic rings. The van der Waals surface area contributed by atoms with Gasteiger partial charge in [0.25, 0.3) is 5.91 Å². The van der Waals surface area contributed by atoms with Crippen LogP contribution in [-0.4, -0.2) is 49.7 Å². The predicted molar refractivity (Wildman–Crippen MR) is 108 cm³/mol. The molecule has 144 valence electrons. The van der Waals surface area contributed by atoms with Crippen molar-refractivity contribution in [1.82, 2.24) is 9.97 Å². The first-order valence-electron chi connectivity index (χ1n) is 9.21. The van der Waals surface area contributed by atoms with Gasteiger partial charge in [-0.1, -0.05) is 24.3 Å². The Morgan fingerprint density at radius 3 is 2.32 bits per heavy atom. The Morgan fingerprint density at radius 2 is 1.61 bits per heavy atom. The number of carbonyl (C=O) groups is 1. The van der Waals surface area contributed by atoms with Crippen molar-refractivity contribution < 1.29 is 14.3 Å². The topological polar surface area (TPSA) is 67.8 Å². The molecule has 0 radical (unpaired) electrons. The second kappa shape index (κ2) is 7.72. The van der Waals surface area contributed by atoms with Crippen molar-refractivity contribution in [3.05, 3.63) is 48.5 Å². The average molecular weight is 378 g/mol. The molecule has 0 unspecified atom stereocenters. The Bertz CT molecular complexity index is 1010. The molecule has 1 aromatic heterocycles. The van der Waals surface area contributed by atoms with Gasteiger partial charge in [-0.2, -0.15) is 0 Å². The number of ether oxygens (including phenoxy) is 2. The number of benzene rings is 2. The molecule has 28 heavy (non-hydrogen) atoms.